The van der Waals surface area contributed by atoms with Crippen molar-refractivity contribution in [1.29, 1.82) is 0 Å². The Bertz CT molecular complexity index is 1410. The van der Waals surface area contributed by atoms with E-state index in [9.17, 15) is 4.79 Å². The molecule has 1 atom stereocenters. The third-order valence-corrected chi connectivity index (χ3v) is 7.40. The number of carbonyl (C=O) groups is 1. The lowest BCUT2D eigenvalue weighted by Gasteiger charge is -2.41. The third-order valence-electron chi connectivity index (χ3n) is 7.40. The number of cyclic esters (lactones) is 1. The van der Waals surface area contributed by atoms with Crippen LogP contribution >= 0.6 is 0 Å². The molecule has 1 aliphatic rings. The number of ether oxygens (including phenoxy) is 1. The Kier molecular flexibility index (Phi) is 7.34. The topological polar surface area (TPSA) is 65.0 Å². The van der Waals surface area contributed by atoms with E-state index >= 15 is 0 Å². The zero-order chi connectivity index (χ0) is 28.4. The Morgan fingerprint density at radius 1 is 0.650 bits per heavy atom. The van der Waals surface area contributed by atoms with Crippen LogP contribution in [0, 0.1) is 0 Å². The summed E-state index contributed by atoms with van der Waals surface area (Å²) in [4.78, 5) is 31.0. The van der Waals surface area contributed by atoms with Crippen LogP contribution in [0.15, 0.2) is 85.2 Å². The van der Waals surface area contributed by atoms with E-state index in [2.05, 4.69) is 74.8 Å². The maximum atomic E-state index is 13.4. The number of benzene rings is 3. The number of fused-ring (bicyclic) bond motifs is 1. The molecule has 0 spiro atoms. The minimum Gasteiger partial charge on any atom is -0.423 e. The molecule has 8 heteroatoms. The molecule has 0 saturated heterocycles. The van der Waals surface area contributed by atoms with Crippen molar-refractivity contribution >= 4 is 34.4 Å². The summed E-state index contributed by atoms with van der Waals surface area (Å²) in [5, 5.41) is 0. The molecule has 3 aromatic carbocycles. The Labute approximate surface area is 236 Å². The number of hydrogen-bond donors (Lipinski definition) is 0. The lowest BCUT2D eigenvalue weighted by Crippen LogP contribution is -2.45. The van der Waals surface area contributed by atoms with Crippen LogP contribution in [-0.4, -0.2) is 57.2 Å². The van der Waals surface area contributed by atoms with Gasteiger partial charge in [-0.25, -0.2) is 9.78 Å². The SMILES string of the molecule is CCN(CC)c1ccc(C2(N(c3ccc(N(C)C)cc3)c3ccc(N(C)C)cc3)OC(=O)c3nccnc32)cc1. The van der Waals surface area contributed by atoms with E-state index in [1.165, 1.54) is 6.20 Å². The van der Waals surface area contributed by atoms with Crippen molar-refractivity contribution in [1.82, 2.24) is 9.97 Å². The zero-order valence-electron chi connectivity index (χ0n) is 24.0. The lowest BCUT2D eigenvalue weighted by atomic mass is 9.94. The molecule has 1 aliphatic heterocycles. The second-order valence-electron chi connectivity index (χ2n) is 10.2. The first-order chi connectivity index (χ1) is 19.3. The first kappa shape index (κ1) is 27.0. The van der Waals surface area contributed by atoms with E-state index in [0.717, 1.165) is 47.1 Å². The minimum atomic E-state index is -1.37. The van der Waals surface area contributed by atoms with Crippen LogP contribution < -0.4 is 19.6 Å². The van der Waals surface area contributed by atoms with Gasteiger partial charge >= 0.3 is 5.97 Å². The molecule has 0 radical (unpaired) electrons. The van der Waals surface area contributed by atoms with Gasteiger partial charge in [0.2, 0.25) is 0 Å². The second kappa shape index (κ2) is 10.9. The number of esters is 1. The van der Waals surface area contributed by atoms with Crippen molar-refractivity contribution in [2.45, 2.75) is 19.6 Å². The fraction of sp³-hybridized carbons (Fsp3) is 0.281. The predicted octanol–water partition coefficient (Wildman–Crippen LogP) is 5.66. The molecule has 0 saturated carbocycles. The highest BCUT2D eigenvalue weighted by atomic mass is 16.6. The van der Waals surface area contributed by atoms with Gasteiger partial charge in [0.05, 0.1) is 0 Å². The van der Waals surface area contributed by atoms with Gasteiger partial charge in [0.15, 0.2) is 5.69 Å². The van der Waals surface area contributed by atoms with Gasteiger partial charge in [-0.15, -0.1) is 0 Å². The molecular weight excluding hydrogens is 500 g/mol. The van der Waals surface area contributed by atoms with Crippen molar-refractivity contribution in [2.75, 3.05) is 60.9 Å². The molecule has 0 fully saturated rings. The van der Waals surface area contributed by atoms with Gasteiger partial charge in [0, 0.05) is 87.7 Å². The monoisotopic (exact) mass is 536 g/mol. The number of aromatic nitrogens is 2. The average Bonchev–Trinajstić information content (AvgIpc) is 3.27. The van der Waals surface area contributed by atoms with E-state index in [0.29, 0.717) is 5.69 Å². The van der Waals surface area contributed by atoms with E-state index in [4.69, 9.17) is 9.72 Å². The average molecular weight is 537 g/mol. The van der Waals surface area contributed by atoms with E-state index < -0.39 is 11.7 Å². The largest absolute Gasteiger partial charge is 0.423 e. The first-order valence-corrected chi connectivity index (χ1v) is 13.6. The van der Waals surface area contributed by atoms with E-state index in [1.807, 2.05) is 64.6 Å². The van der Waals surface area contributed by atoms with E-state index in [-0.39, 0.29) is 5.69 Å². The van der Waals surface area contributed by atoms with Gasteiger partial charge in [-0.1, -0.05) is 12.1 Å². The number of carbonyl (C=O) groups excluding carboxylic acids is 1. The predicted molar refractivity (Wildman–Crippen MR) is 162 cm³/mol. The molecule has 0 bridgehead atoms. The van der Waals surface area contributed by atoms with Gasteiger partial charge in [-0.05, 0) is 74.5 Å². The van der Waals surface area contributed by atoms with E-state index in [1.54, 1.807) is 6.20 Å². The van der Waals surface area contributed by atoms with Crippen LogP contribution in [0.2, 0.25) is 0 Å². The highest BCUT2D eigenvalue weighted by Gasteiger charge is 2.55. The molecule has 2 heterocycles. The molecule has 0 N–H and O–H groups in total. The van der Waals surface area contributed by atoms with Gasteiger partial charge in [0.25, 0.3) is 5.72 Å². The molecule has 40 heavy (non-hydrogen) atoms. The molecule has 1 aromatic heterocycles. The molecule has 5 rings (SSSR count). The van der Waals surface area contributed by atoms with Gasteiger partial charge in [-0.3, -0.25) is 9.88 Å². The Morgan fingerprint density at radius 2 is 1.10 bits per heavy atom. The Balaban J connectivity index is 1.77. The van der Waals surface area contributed by atoms with Crippen LogP contribution in [0.3, 0.4) is 0 Å². The summed E-state index contributed by atoms with van der Waals surface area (Å²) < 4.78 is 6.41. The standard InChI is InChI=1S/C32H36N6O2/c1-7-37(8-2)26-11-9-23(10-12-26)32(30-29(31(39)40-32)33-21-22-34-30)38(27-17-13-24(14-18-27)35(3)4)28-19-15-25(16-20-28)36(5)6/h9-22H,7-8H2,1-6H3. The first-order valence-electron chi connectivity index (χ1n) is 13.6. The summed E-state index contributed by atoms with van der Waals surface area (Å²) in [6, 6.07) is 24.6. The van der Waals surface area contributed by atoms with Crippen LogP contribution in [0.25, 0.3) is 0 Å². The fourth-order valence-corrected chi connectivity index (χ4v) is 5.24. The fourth-order valence-electron chi connectivity index (χ4n) is 5.24. The normalized spacial score (nSPS) is 15.8. The van der Waals surface area contributed by atoms with Crippen LogP contribution in [0.4, 0.5) is 28.4 Å². The summed E-state index contributed by atoms with van der Waals surface area (Å²) in [6.45, 7) is 6.07. The third kappa shape index (κ3) is 4.59. The van der Waals surface area contributed by atoms with Crippen molar-refractivity contribution in [2.24, 2.45) is 0 Å². The van der Waals surface area contributed by atoms with Crippen LogP contribution in [0.5, 0.6) is 0 Å². The Hall–Kier alpha value is -4.59. The lowest BCUT2D eigenvalue weighted by molar-refractivity contribution is 0.0121. The van der Waals surface area contributed by atoms with Crippen LogP contribution in [0.1, 0.15) is 35.6 Å². The van der Waals surface area contributed by atoms with Gasteiger partial charge in [-0.2, -0.15) is 0 Å². The van der Waals surface area contributed by atoms with Gasteiger partial charge < -0.3 is 19.4 Å². The highest BCUT2D eigenvalue weighted by Crippen LogP contribution is 2.49. The number of hydrogen-bond acceptors (Lipinski definition) is 8. The summed E-state index contributed by atoms with van der Waals surface area (Å²) in [5.41, 5.74) is 5.01. The van der Waals surface area contributed by atoms with Crippen molar-refractivity contribution in [3.8, 4) is 0 Å². The minimum absolute atomic E-state index is 0.218. The second-order valence-corrected chi connectivity index (χ2v) is 10.2. The maximum Gasteiger partial charge on any atom is 0.361 e. The van der Waals surface area contributed by atoms with Crippen LogP contribution in [-0.2, 0) is 10.5 Å². The van der Waals surface area contributed by atoms with Crippen molar-refractivity contribution < 1.29 is 9.53 Å². The number of rotatable bonds is 9. The molecule has 206 valence electrons. The summed E-state index contributed by atoms with van der Waals surface area (Å²) in [6.07, 6.45) is 3.14. The highest BCUT2D eigenvalue weighted by molar-refractivity contribution is 5.94. The number of anilines is 5. The quantitative estimate of drug-likeness (QED) is 0.254. The van der Waals surface area contributed by atoms with Crippen molar-refractivity contribution in [3.63, 3.8) is 0 Å². The smallest absolute Gasteiger partial charge is 0.361 e. The van der Waals surface area contributed by atoms with Gasteiger partial charge in [0.1, 0.15) is 5.69 Å². The zero-order valence-corrected chi connectivity index (χ0v) is 24.0. The molecule has 0 aliphatic carbocycles. The number of nitrogens with zero attached hydrogens (tertiary/aromatic N) is 6. The summed E-state index contributed by atoms with van der Waals surface area (Å²) in [7, 11) is 8.04. The molecule has 0 amide bonds. The summed E-state index contributed by atoms with van der Waals surface area (Å²) in [5.74, 6) is -0.504. The molecule has 4 aromatic rings. The van der Waals surface area contributed by atoms with Crippen molar-refractivity contribution in [3.05, 3.63) is 102 Å². The Morgan fingerprint density at radius 3 is 1.57 bits per heavy atom. The molecule has 1 unspecified atom stereocenters. The maximum absolute atomic E-state index is 13.4. The summed E-state index contributed by atoms with van der Waals surface area (Å²) >= 11 is 0. The molecular formula is C32H36N6O2. The molecule has 8 nitrogen and oxygen atoms in total.